The first-order chi connectivity index (χ1) is 17.7. The Morgan fingerprint density at radius 3 is 2.24 bits per heavy atom. The Morgan fingerprint density at radius 1 is 0.892 bits per heavy atom. The van der Waals surface area contributed by atoms with E-state index in [0.29, 0.717) is 30.7 Å². The number of rotatable bonds is 10. The predicted octanol–water partition coefficient (Wildman–Crippen LogP) is 5.07. The van der Waals surface area contributed by atoms with Crippen LogP contribution in [0.5, 0.6) is 11.5 Å². The van der Waals surface area contributed by atoms with Crippen LogP contribution in [0.4, 0.5) is 0 Å². The molecule has 37 heavy (non-hydrogen) atoms. The standard InChI is InChI=1S/C30H39NO6/c1-19-15-23(18-26(35-5)22(19)4)11-8-10-14-37-30(34)25-12-7-9-13-31(25)29(33)27(32)24-16-20(2)28(36-6)21(3)17-24/h15-18,25H,7-14H2,1-6H3. The van der Waals surface area contributed by atoms with Gasteiger partial charge in [-0.05, 0) is 112 Å². The maximum Gasteiger partial charge on any atom is 0.328 e. The van der Waals surface area contributed by atoms with Crippen LogP contribution in [0.2, 0.25) is 0 Å². The number of Topliss-reactive ketones (excluding diaryl/α,β-unsaturated/α-hetero) is 1. The van der Waals surface area contributed by atoms with Gasteiger partial charge in [-0.15, -0.1) is 0 Å². The molecule has 1 heterocycles. The van der Waals surface area contributed by atoms with Gasteiger partial charge in [-0.2, -0.15) is 0 Å². The number of hydrogen-bond donors (Lipinski definition) is 0. The van der Waals surface area contributed by atoms with Crippen molar-refractivity contribution in [3.8, 4) is 11.5 Å². The van der Waals surface area contributed by atoms with Gasteiger partial charge in [-0.25, -0.2) is 4.79 Å². The maximum atomic E-state index is 13.2. The first kappa shape index (κ1) is 28.2. The molecule has 3 rings (SSSR count). The number of likely N-dealkylation sites (tertiary alicyclic amines) is 1. The van der Waals surface area contributed by atoms with Crippen LogP contribution in [0, 0.1) is 27.7 Å². The molecule has 1 fully saturated rings. The molecular formula is C30H39NO6. The fraction of sp³-hybridized carbons (Fsp3) is 0.500. The average Bonchev–Trinajstić information content (AvgIpc) is 2.89. The summed E-state index contributed by atoms with van der Waals surface area (Å²) in [6.07, 6.45) is 4.50. The first-order valence-electron chi connectivity index (χ1n) is 13.0. The summed E-state index contributed by atoms with van der Waals surface area (Å²) in [5.41, 5.74) is 5.40. The number of amides is 1. The molecule has 0 saturated carbocycles. The number of aryl methyl sites for hydroxylation is 4. The Kier molecular flexibility index (Phi) is 9.73. The highest BCUT2D eigenvalue weighted by Gasteiger charge is 2.36. The van der Waals surface area contributed by atoms with Crippen LogP contribution in [-0.2, 0) is 20.7 Å². The van der Waals surface area contributed by atoms with Crippen LogP contribution in [-0.4, -0.2) is 56.0 Å². The van der Waals surface area contributed by atoms with Gasteiger partial charge in [0.15, 0.2) is 0 Å². The highest BCUT2D eigenvalue weighted by molar-refractivity contribution is 6.43. The van der Waals surface area contributed by atoms with Gasteiger partial charge in [0.2, 0.25) is 5.78 Å². The third-order valence-corrected chi connectivity index (χ3v) is 7.16. The fourth-order valence-corrected chi connectivity index (χ4v) is 5.03. The van der Waals surface area contributed by atoms with Gasteiger partial charge >= 0.3 is 5.97 Å². The number of hydrogen-bond acceptors (Lipinski definition) is 6. The lowest BCUT2D eigenvalue weighted by molar-refractivity contribution is -0.155. The van der Waals surface area contributed by atoms with Gasteiger partial charge in [0.1, 0.15) is 17.5 Å². The van der Waals surface area contributed by atoms with E-state index in [1.807, 2.05) is 20.8 Å². The number of carbonyl (C=O) groups is 3. The van der Waals surface area contributed by atoms with Crippen LogP contribution in [0.15, 0.2) is 24.3 Å². The van der Waals surface area contributed by atoms with Crippen LogP contribution in [0.25, 0.3) is 0 Å². The minimum absolute atomic E-state index is 0.282. The summed E-state index contributed by atoms with van der Waals surface area (Å²) < 4.78 is 16.4. The molecule has 2 aromatic rings. The second kappa shape index (κ2) is 12.7. The van der Waals surface area contributed by atoms with Crippen molar-refractivity contribution >= 4 is 17.7 Å². The van der Waals surface area contributed by atoms with Crippen LogP contribution < -0.4 is 9.47 Å². The summed E-state index contributed by atoms with van der Waals surface area (Å²) in [6.45, 7) is 8.44. The minimum Gasteiger partial charge on any atom is -0.496 e. The van der Waals surface area contributed by atoms with Crippen LogP contribution in [0.1, 0.15) is 70.3 Å². The zero-order valence-electron chi connectivity index (χ0n) is 22.9. The van der Waals surface area contributed by atoms with Gasteiger partial charge in [-0.3, -0.25) is 9.59 Å². The molecule has 200 valence electrons. The van der Waals surface area contributed by atoms with Gasteiger partial charge in [-0.1, -0.05) is 6.07 Å². The Labute approximate surface area is 220 Å². The number of nitrogens with zero attached hydrogens (tertiary/aromatic N) is 1. The summed E-state index contributed by atoms with van der Waals surface area (Å²) in [5, 5.41) is 0. The van der Waals surface area contributed by atoms with Crippen molar-refractivity contribution in [2.75, 3.05) is 27.4 Å². The van der Waals surface area contributed by atoms with E-state index in [9.17, 15) is 14.4 Å². The number of unbranched alkanes of at least 4 members (excludes halogenated alkanes) is 1. The highest BCUT2D eigenvalue weighted by Crippen LogP contribution is 2.27. The molecule has 7 heteroatoms. The molecule has 0 N–H and O–H groups in total. The Balaban J connectivity index is 1.56. The summed E-state index contributed by atoms with van der Waals surface area (Å²) in [6, 6.07) is 6.82. The molecule has 7 nitrogen and oxygen atoms in total. The van der Waals surface area contributed by atoms with E-state index in [0.717, 1.165) is 48.1 Å². The van der Waals surface area contributed by atoms with Crippen molar-refractivity contribution in [2.24, 2.45) is 0 Å². The van der Waals surface area contributed by atoms with Crippen molar-refractivity contribution in [1.82, 2.24) is 4.90 Å². The van der Waals surface area contributed by atoms with E-state index in [1.165, 1.54) is 16.0 Å². The van der Waals surface area contributed by atoms with Crippen LogP contribution >= 0.6 is 0 Å². The zero-order valence-corrected chi connectivity index (χ0v) is 22.9. The molecule has 2 aromatic carbocycles. The molecule has 0 aromatic heterocycles. The predicted molar refractivity (Wildman–Crippen MR) is 143 cm³/mol. The van der Waals surface area contributed by atoms with Gasteiger partial charge < -0.3 is 19.1 Å². The van der Waals surface area contributed by atoms with Gasteiger partial charge in [0, 0.05) is 12.1 Å². The maximum absolute atomic E-state index is 13.2. The zero-order chi connectivity index (χ0) is 27.1. The van der Waals surface area contributed by atoms with Crippen molar-refractivity contribution in [1.29, 1.82) is 0 Å². The van der Waals surface area contributed by atoms with E-state index < -0.39 is 23.7 Å². The number of ether oxygens (including phenoxy) is 3. The van der Waals surface area contributed by atoms with Crippen molar-refractivity contribution in [3.63, 3.8) is 0 Å². The largest absolute Gasteiger partial charge is 0.496 e. The molecule has 1 unspecified atom stereocenters. The Morgan fingerprint density at radius 2 is 1.59 bits per heavy atom. The average molecular weight is 510 g/mol. The summed E-state index contributed by atoms with van der Waals surface area (Å²) in [7, 11) is 3.25. The van der Waals surface area contributed by atoms with E-state index >= 15 is 0 Å². The monoisotopic (exact) mass is 509 g/mol. The van der Waals surface area contributed by atoms with E-state index in [4.69, 9.17) is 14.2 Å². The van der Waals surface area contributed by atoms with Crippen molar-refractivity contribution in [2.45, 2.75) is 72.3 Å². The SMILES string of the molecule is COc1cc(CCCCOC(=O)C2CCCCN2C(=O)C(=O)c2cc(C)c(OC)c(C)c2)cc(C)c1C. The molecule has 0 spiro atoms. The second-order valence-electron chi connectivity index (χ2n) is 9.85. The lowest BCUT2D eigenvalue weighted by Gasteiger charge is -2.33. The number of methoxy groups -OCH3 is 2. The lowest BCUT2D eigenvalue weighted by atomic mass is 9.98. The summed E-state index contributed by atoms with van der Waals surface area (Å²) >= 11 is 0. The molecule has 1 aliphatic heterocycles. The van der Waals surface area contributed by atoms with Crippen molar-refractivity contribution in [3.05, 3.63) is 57.6 Å². The minimum atomic E-state index is -0.727. The molecule has 1 atom stereocenters. The van der Waals surface area contributed by atoms with E-state index in [2.05, 4.69) is 19.1 Å². The molecule has 1 aliphatic rings. The fourth-order valence-electron chi connectivity index (χ4n) is 5.03. The highest BCUT2D eigenvalue weighted by atomic mass is 16.5. The molecule has 0 bridgehead atoms. The van der Waals surface area contributed by atoms with Crippen LogP contribution in [0.3, 0.4) is 0 Å². The number of esters is 1. The molecule has 1 amide bonds. The van der Waals surface area contributed by atoms with E-state index in [1.54, 1.807) is 26.4 Å². The van der Waals surface area contributed by atoms with E-state index in [-0.39, 0.29) is 6.61 Å². The number of piperidine rings is 1. The molecule has 0 radical (unpaired) electrons. The number of ketones is 1. The first-order valence-corrected chi connectivity index (χ1v) is 13.0. The lowest BCUT2D eigenvalue weighted by Crippen LogP contribution is -2.51. The number of benzene rings is 2. The quantitative estimate of drug-likeness (QED) is 0.193. The van der Waals surface area contributed by atoms with Gasteiger partial charge in [0.25, 0.3) is 5.91 Å². The van der Waals surface area contributed by atoms with Crippen molar-refractivity contribution < 1.29 is 28.6 Å². The third kappa shape index (κ3) is 6.70. The summed E-state index contributed by atoms with van der Waals surface area (Å²) in [5.74, 6) is -0.125. The molecule has 1 saturated heterocycles. The number of carbonyl (C=O) groups excluding carboxylic acids is 3. The Hall–Kier alpha value is -3.35. The normalized spacial score (nSPS) is 15.3. The summed E-state index contributed by atoms with van der Waals surface area (Å²) in [4.78, 5) is 40.5. The third-order valence-electron chi connectivity index (χ3n) is 7.16. The smallest absolute Gasteiger partial charge is 0.328 e. The molecule has 0 aliphatic carbocycles. The second-order valence-corrected chi connectivity index (χ2v) is 9.85. The molecular weight excluding hydrogens is 470 g/mol. The Bertz CT molecular complexity index is 1130. The topological polar surface area (TPSA) is 82.1 Å². The van der Waals surface area contributed by atoms with Gasteiger partial charge in [0.05, 0.1) is 20.8 Å².